The third-order valence-corrected chi connectivity index (χ3v) is 3.95. The average molecular weight is 330 g/mol. The molecule has 1 unspecified atom stereocenters. The third-order valence-electron chi connectivity index (χ3n) is 3.95. The van der Waals surface area contributed by atoms with Gasteiger partial charge >= 0.3 is 0 Å². The second-order valence-corrected chi connectivity index (χ2v) is 6.13. The van der Waals surface area contributed by atoms with Crippen molar-refractivity contribution in [2.75, 3.05) is 45.2 Å². The lowest BCUT2D eigenvalue weighted by Crippen LogP contribution is -2.48. The van der Waals surface area contributed by atoms with Crippen LogP contribution >= 0.6 is 0 Å². The van der Waals surface area contributed by atoms with Gasteiger partial charge < -0.3 is 14.5 Å². The van der Waals surface area contributed by atoms with Crippen LogP contribution < -0.4 is 10.5 Å². The van der Waals surface area contributed by atoms with E-state index in [0.29, 0.717) is 37.0 Å². The number of aromatic nitrogens is 4. The Morgan fingerprint density at radius 2 is 2.21 bits per heavy atom. The van der Waals surface area contributed by atoms with Crippen LogP contribution in [0, 0.1) is 0 Å². The minimum atomic E-state index is -0.107. The highest BCUT2D eigenvalue weighted by Gasteiger charge is 2.24. The van der Waals surface area contributed by atoms with Crippen LogP contribution in [0.25, 0.3) is 11.4 Å². The smallest absolute Gasteiger partial charge is 0.255 e. The van der Waals surface area contributed by atoms with Crippen molar-refractivity contribution in [3.8, 4) is 11.4 Å². The Bertz CT molecular complexity index is 746. The fourth-order valence-corrected chi connectivity index (χ4v) is 2.80. The highest BCUT2D eigenvalue weighted by Crippen LogP contribution is 2.18. The number of rotatable bonds is 4. The summed E-state index contributed by atoms with van der Waals surface area (Å²) in [6, 6.07) is 3.25. The lowest BCUT2D eigenvalue weighted by atomic mass is 10.2. The number of hydrogen-bond acceptors (Lipinski definition) is 7. The van der Waals surface area contributed by atoms with Crippen molar-refractivity contribution in [3.63, 3.8) is 0 Å². The molecule has 2 aromatic heterocycles. The molecule has 0 N–H and O–H groups in total. The van der Waals surface area contributed by atoms with Gasteiger partial charge in [-0.25, -0.2) is 15.0 Å². The number of morpholine rings is 1. The summed E-state index contributed by atoms with van der Waals surface area (Å²) in [5, 5.41) is 0. The average Bonchev–Trinajstić information content (AvgIpc) is 2.57. The third kappa shape index (κ3) is 3.60. The maximum atomic E-state index is 12.3. The number of anilines is 1. The van der Waals surface area contributed by atoms with Gasteiger partial charge in [-0.1, -0.05) is 0 Å². The molecule has 8 heteroatoms. The molecule has 2 aromatic rings. The summed E-state index contributed by atoms with van der Waals surface area (Å²) in [5.41, 5.74) is 1.09. The first-order valence-corrected chi connectivity index (χ1v) is 7.90. The van der Waals surface area contributed by atoms with E-state index in [-0.39, 0.29) is 11.7 Å². The van der Waals surface area contributed by atoms with E-state index in [1.54, 1.807) is 23.9 Å². The summed E-state index contributed by atoms with van der Waals surface area (Å²) < 4.78 is 7.38. The number of ether oxygens (including phenoxy) is 1. The van der Waals surface area contributed by atoms with Gasteiger partial charge in [0.1, 0.15) is 6.33 Å². The van der Waals surface area contributed by atoms with Crippen LogP contribution in [0.4, 0.5) is 5.95 Å². The van der Waals surface area contributed by atoms with Gasteiger partial charge in [0, 0.05) is 38.9 Å². The minimum Gasteiger partial charge on any atom is -0.373 e. The Hall–Kier alpha value is -2.32. The Morgan fingerprint density at radius 3 is 2.92 bits per heavy atom. The van der Waals surface area contributed by atoms with Gasteiger partial charge in [0.15, 0.2) is 0 Å². The summed E-state index contributed by atoms with van der Waals surface area (Å²) in [7, 11) is 5.78. The normalized spacial score (nSPS) is 18.2. The molecule has 1 aliphatic rings. The fraction of sp³-hybridized carbons (Fsp3) is 0.500. The van der Waals surface area contributed by atoms with Crippen molar-refractivity contribution >= 4 is 5.95 Å². The lowest BCUT2D eigenvalue weighted by Gasteiger charge is -2.35. The molecule has 1 saturated heterocycles. The molecule has 8 nitrogen and oxygen atoms in total. The zero-order chi connectivity index (χ0) is 17.1. The molecule has 1 fully saturated rings. The van der Waals surface area contributed by atoms with E-state index in [9.17, 15) is 4.79 Å². The fourth-order valence-electron chi connectivity index (χ4n) is 2.80. The van der Waals surface area contributed by atoms with Gasteiger partial charge in [0.05, 0.1) is 24.1 Å². The zero-order valence-electron chi connectivity index (χ0n) is 14.2. The van der Waals surface area contributed by atoms with E-state index in [2.05, 4.69) is 24.8 Å². The van der Waals surface area contributed by atoms with E-state index in [1.807, 2.05) is 14.1 Å². The molecule has 3 heterocycles. The molecule has 0 aliphatic carbocycles. The molecular formula is C16H22N6O2. The number of nitrogens with zero attached hydrogens (tertiary/aromatic N) is 6. The number of hydrogen-bond donors (Lipinski definition) is 0. The summed E-state index contributed by atoms with van der Waals surface area (Å²) >= 11 is 0. The van der Waals surface area contributed by atoms with Crippen LogP contribution in [0.3, 0.4) is 0 Å². The molecule has 0 spiro atoms. The van der Waals surface area contributed by atoms with Gasteiger partial charge in [0.25, 0.3) is 5.56 Å². The maximum absolute atomic E-state index is 12.3. The summed E-state index contributed by atoms with van der Waals surface area (Å²) in [5.74, 6) is 0.642. The van der Waals surface area contributed by atoms with Gasteiger partial charge in [-0.3, -0.25) is 9.36 Å². The van der Waals surface area contributed by atoms with Gasteiger partial charge in [-0.15, -0.1) is 0 Å². The molecule has 0 bridgehead atoms. The van der Waals surface area contributed by atoms with Crippen LogP contribution in [0.5, 0.6) is 0 Å². The van der Waals surface area contributed by atoms with E-state index >= 15 is 0 Å². The van der Waals surface area contributed by atoms with Crippen LogP contribution in [-0.4, -0.2) is 70.9 Å². The van der Waals surface area contributed by atoms with Gasteiger partial charge in [-0.2, -0.15) is 0 Å². The Kier molecular flexibility index (Phi) is 4.86. The molecule has 1 aliphatic heterocycles. The number of likely N-dealkylation sites (N-methyl/N-ethyl adjacent to an activating group) is 1. The summed E-state index contributed by atoms with van der Waals surface area (Å²) in [4.78, 5) is 29.3. The Balaban J connectivity index is 1.92. The zero-order valence-corrected chi connectivity index (χ0v) is 14.2. The second kappa shape index (κ2) is 7.06. The summed E-state index contributed by atoms with van der Waals surface area (Å²) in [6.45, 7) is 2.85. The highest BCUT2D eigenvalue weighted by atomic mass is 16.5. The van der Waals surface area contributed by atoms with Crippen LogP contribution in [0.15, 0.2) is 29.5 Å². The molecular weight excluding hydrogens is 308 g/mol. The predicted molar refractivity (Wildman–Crippen MR) is 91.0 cm³/mol. The SMILES string of the molecule is CN(C)CC1CN(c2nc(-c3ccncn3)cc(=O)n2C)CCO1. The minimum absolute atomic E-state index is 0.0911. The van der Waals surface area contributed by atoms with Crippen molar-refractivity contribution in [3.05, 3.63) is 35.0 Å². The van der Waals surface area contributed by atoms with Crippen molar-refractivity contribution in [1.29, 1.82) is 0 Å². The van der Waals surface area contributed by atoms with Crippen molar-refractivity contribution in [2.45, 2.75) is 6.10 Å². The van der Waals surface area contributed by atoms with E-state index in [4.69, 9.17) is 4.74 Å². The molecule has 128 valence electrons. The second-order valence-electron chi connectivity index (χ2n) is 6.13. The van der Waals surface area contributed by atoms with E-state index in [1.165, 1.54) is 12.4 Å². The van der Waals surface area contributed by atoms with E-state index < -0.39 is 0 Å². The van der Waals surface area contributed by atoms with Crippen LogP contribution in [0.2, 0.25) is 0 Å². The van der Waals surface area contributed by atoms with Gasteiger partial charge in [0.2, 0.25) is 5.95 Å². The van der Waals surface area contributed by atoms with Crippen molar-refractivity contribution < 1.29 is 4.74 Å². The summed E-state index contributed by atoms with van der Waals surface area (Å²) in [6.07, 6.45) is 3.19. The molecule has 0 radical (unpaired) electrons. The van der Waals surface area contributed by atoms with Crippen LogP contribution in [0.1, 0.15) is 0 Å². The quantitative estimate of drug-likeness (QED) is 0.781. The monoisotopic (exact) mass is 330 g/mol. The first-order chi connectivity index (χ1) is 11.5. The topological polar surface area (TPSA) is 76.4 Å². The molecule has 0 aromatic carbocycles. The molecule has 24 heavy (non-hydrogen) atoms. The highest BCUT2D eigenvalue weighted by molar-refractivity contribution is 5.55. The molecule has 0 saturated carbocycles. The molecule has 3 rings (SSSR count). The maximum Gasteiger partial charge on any atom is 0.255 e. The van der Waals surface area contributed by atoms with Crippen LogP contribution in [-0.2, 0) is 11.8 Å². The molecule has 0 amide bonds. The van der Waals surface area contributed by atoms with Gasteiger partial charge in [-0.05, 0) is 20.2 Å². The van der Waals surface area contributed by atoms with E-state index in [0.717, 1.165) is 6.54 Å². The first kappa shape index (κ1) is 16.5. The van der Waals surface area contributed by atoms with Crippen molar-refractivity contribution in [1.82, 2.24) is 24.4 Å². The largest absolute Gasteiger partial charge is 0.373 e. The molecule has 1 atom stereocenters. The van der Waals surface area contributed by atoms with Crippen molar-refractivity contribution in [2.24, 2.45) is 7.05 Å². The standard InChI is InChI=1S/C16H22N6O2/c1-20(2)9-12-10-22(6-7-24-12)16-19-14(8-15(23)21(16)3)13-4-5-17-11-18-13/h4-5,8,11-12H,6-7,9-10H2,1-3H3. The predicted octanol–water partition coefficient (Wildman–Crippen LogP) is 0.00410. The Labute approximate surface area is 140 Å². The first-order valence-electron chi connectivity index (χ1n) is 7.90. The lowest BCUT2D eigenvalue weighted by molar-refractivity contribution is 0.0240. The Morgan fingerprint density at radius 1 is 1.38 bits per heavy atom.